The lowest BCUT2D eigenvalue weighted by Crippen LogP contribution is -2.38. The molecule has 0 bridgehead atoms. The third-order valence-corrected chi connectivity index (χ3v) is 5.30. The van der Waals surface area contributed by atoms with Crippen molar-refractivity contribution in [3.05, 3.63) is 71.3 Å². The number of hydrogen-bond donors (Lipinski definition) is 1. The van der Waals surface area contributed by atoms with E-state index in [1.54, 1.807) is 0 Å². The van der Waals surface area contributed by atoms with Gasteiger partial charge in [-0.2, -0.15) is 0 Å². The van der Waals surface area contributed by atoms with Crippen LogP contribution in [0.15, 0.2) is 54.6 Å². The summed E-state index contributed by atoms with van der Waals surface area (Å²) in [4.78, 5) is 13.0. The smallest absolute Gasteiger partial charge is 0.304 e. The van der Waals surface area contributed by atoms with Gasteiger partial charge < -0.3 is 14.7 Å². The van der Waals surface area contributed by atoms with E-state index in [2.05, 4.69) is 60.4 Å². The molecule has 5 heteroatoms. The van der Waals surface area contributed by atoms with E-state index in [1.165, 1.54) is 16.7 Å². The molecule has 0 aliphatic carbocycles. The fourth-order valence-electron chi connectivity index (χ4n) is 3.62. The summed E-state index contributed by atoms with van der Waals surface area (Å²) in [6, 6.07) is 19.1. The molecule has 0 spiro atoms. The van der Waals surface area contributed by atoms with E-state index in [0.29, 0.717) is 6.54 Å². The molecule has 2 aromatic rings. The van der Waals surface area contributed by atoms with Crippen LogP contribution >= 0.6 is 12.4 Å². The Balaban J connectivity index is 0.00000280. The van der Waals surface area contributed by atoms with Gasteiger partial charge in [-0.3, -0.25) is 4.79 Å². The largest absolute Gasteiger partial charge is 0.481 e. The van der Waals surface area contributed by atoms with E-state index in [-0.39, 0.29) is 31.0 Å². The van der Waals surface area contributed by atoms with Crippen LogP contribution in [0.3, 0.4) is 0 Å². The number of carboxylic acids is 1. The molecule has 1 heterocycles. The predicted molar refractivity (Wildman–Crippen MR) is 114 cm³/mol. The number of benzene rings is 2. The van der Waals surface area contributed by atoms with Gasteiger partial charge in [-0.25, -0.2) is 0 Å². The van der Waals surface area contributed by atoms with Crippen LogP contribution in [0, 0.1) is 0 Å². The Bertz CT molecular complexity index is 712. The lowest BCUT2D eigenvalue weighted by Gasteiger charge is -2.34. The minimum absolute atomic E-state index is 0. The Labute approximate surface area is 173 Å². The number of carboxylic acid groups (broad SMARTS) is 1. The molecule has 1 aliphatic heterocycles. The van der Waals surface area contributed by atoms with Crippen molar-refractivity contribution in [1.29, 1.82) is 0 Å². The second-order valence-corrected chi connectivity index (χ2v) is 7.21. The van der Waals surface area contributed by atoms with Gasteiger partial charge in [-0.05, 0) is 36.0 Å². The summed E-state index contributed by atoms with van der Waals surface area (Å²) >= 11 is 0. The number of carbonyl (C=O) groups is 1. The van der Waals surface area contributed by atoms with Crippen molar-refractivity contribution in [3.63, 3.8) is 0 Å². The van der Waals surface area contributed by atoms with Crippen molar-refractivity contribution < 1.29 is 14.6 Å². The molecule has 0 radical (unpaired) electrons. The van der Waals surface area contributed by atoms with Gasteiger partial charge in [0.1, 0.15) is 6.10 Å². The van der Waals surface area contributed by atoms with Crippen molar-refractivity contribution in [2.75, 3.05) is 19.6 Å². The van der Waals surface area contributed by atoms with Crippen molar-refractivity contribution in [1.82, 2.24) is 4.90 Å². The fraction of sp³-hybridized carbons (Fsp3) is 0.435. The lowest BCUT2D eigenvalue weighted by molar-refractivity contribution is -0.137. The molecule has 0 aromatic heterocycles. The molecule has 1 saturated heterocycles. The van der Waals surface area contributed by atoms with Crippen LogP contribution in [-0.4, -0.2) is 41.7 Å². The van der Waals surface area contributed by atoms with Crippen LogP contribution in [-0.2, 0) is 16.0 Å². The minimum atomic E-state index is -0.729. The maximum atomic E-state index is 10.8. The van der Waals surface area contributed by atoms with Gasteiger partial charge in [0.05, 0.1) is 12.5 Å². The number of rotatable bonds is 8. The van der Waals surface area contributed by atoms with Crippen LogP contribution in [0.5, 0.6) is 0 Å². The molecule has 1 atom stereocenters. The van der Waals surface area contributed by atoms with Crippen LogP contribution in [0.4, 0.5) is 0 Å². The maximum absolute atomic E-state index is 10.8. The SMILES string of the molecule is CCc1ccc(C(OC2CCN(CCC(=O)O)CC2)c2ccccc2)cc1.Cl. The highest BCUT2D eigenvalue weighted by Gasteiger charge is 2.24. The molecule has 28 heavy (non-hydrogen) atoms. The zero-order chi connectivity index (χ0) is 19.1. The number of nitrogens with zero attached hydrogens (tertiary/aromatic N) is 1. The second kappa shape index (κ2) is 11.2. The molecule has 1 N–H and O–H groups in total. The first-order valence-electron chi connectivity index (χ1n) is 9.89. The van der Waals surface area contributed by atoms with Crippen LogP contribution in [0.1, 0.15) is 49.0 Å². The van der Waals surface area contributed by atoms with Crippen molar-refractivity contribution in [3.8, 4) is 0 Å². The van der Waals surface area contributed by atoms with E-state index in [1.807, 2.05) is 6.07 Å². The van der Waals surface area contributed by atoms with E-state index in [4.69, 9.17) is 9.84 Å². The summed E-state index contributed by atoms with van der Waals surface area (Å²) in [7, 11) is 0. The highest BCUT2D eigenvalue weighted by atomic mass is 35.5. The maximum Gasteiger partial charge on any atom is 0.304 e. The summed E-state index contributed by atoms with van der Waals surface area (Å²) in [5, 5.41) is 8.85. The number of piperidine rings is 1. The summed E-state index contributed by atoms with van der Waals surface area (Å²) in [6.45, 7) is 4.59. The molecule has 0 amide bonds. The first-order chi connectivity index (χ1) is 13.2. The Morgan fingerprint density at radius 2 is 1.68 bits per heavy atom. The molecule has 3 rings (SSSR count). The fourth-order valence-corrected chi connectivity index (χ4v) is 3.62. The molecular weight excluding hydrogens is 374 g/mol. The van der Waals surface area contributed by atoms with Gasteiger partial charge in [0, 0.05) is 19.6 Å². The van der Waals surface area contributed by atoms with Crippen LogP contribution in [0.2, 0.25) is 0 Å². The number of aryl methyl sites for hydroxylation is 1. The van der Waals surface area contributed by atoms with Gasteiger partial charge in [-0.1, -0.05) is 61.5 Å². The normalized spacial score (nSPS) is 16.3. The highest BCUT2D eigenvalue weighted by molar-refractivity contribution is 5.85. The van der Waals surface area contributed by atoms with E-state index in [9.17, 15) is 4.79 Å². The topological polar surface area (TPSA) is 49.8 Å². The van der Waals surface area contributed by atoms with Gasteiger partial charge in [0.2, 0.25) is 0 Å². The Morgan fingerprint density at radius 3 is 2.25 bits per heavy atom. The Morgan fingerprint density at radius 1 is 1.07 bits per heavy atom. The first-order valence-corrected chi connectivity index (χ1v) is 9.89. The number of halogens is 1. The molecule has 4 nitrogen and oxygen atoms in total. The quantitative estimate of drug-likeness (QED) is 0.693. The third-order valence-electron chi connectivity index (χ3n) is 5.30. The third kappa shape index (κ3) is 6.33. The monoisotopic (exact) mass is 403 g/mol. The lowest BCUT2D eigenvalue weighted by atomic mass is 9.98. The van der Waals surface area contributed by atoms with Crippen molar-refractivity contribution in [2.24, 2.45) is 0 Å². The van der Waals surface area contributed by atoms with E-state index < -0.39 is 5.97 Å². The van der Waals surface area contributed by atoms with Gasteiger partial charge in [0.15, 0.2) is 0 Å². The van der Waals surface area contributed by atoms with E-state index >= 15 is 0 Å². The average Bonchev–Trinajstić information content (AvgIpc) is 2.72. The summed E-state index contributed by atoms with van der Waals surface area (Å²) in [6.07, 6.45) is 3.26. The molecule has 0 saturated carbocycles. The Hall–Kier alpha value is -1.88. The summed E-state index contributed by atoms with van der Waals surface area (Å²) in [5.41, 5.74) is 3.69. The minimum Gasteiger partial charge on any atom is -0.481 e. The van der Waals surface area contributed by atoms with Crippen molar-refractivity contribution >= 4 is 18.4 Å². The average molecular weight is 404 g/mol. The van der Waals surface area contributed by atoms with Gasteiger partial charge in [-0.15, -0.1) is 12.4 Å². The summed E-state index contributed by atoms with van der Waals surface area (Å²) in [5.74, 6) is -0.729. The molecular formula is C23H30ClNO3. The summed E-state index contributed by atoms with van der Waals surface area (Å²) < 4.78 is 6.57. The van der Waals surface area contributed by atoms with Crippen LogP contribution in [0.25, 0.3) is 0 Å². The van der Waals surface area contributed by atoms with Crippen molar-refractivity contribution in [2.45, 2.75) is 44.8 Å². The molecule has 2 aromatic carbocycles. The standard InChI is InChI=1S/C23H29NO3.ClH/c1-2-18-8-10-20(11-9-18)23(19-6-4-3-5-7-19)27-21-12-15-24(16-13-21)17-14-22(25)26;/h3-11,21,23H,2,12-17H2,1H3,(H,25,26);1H. The predicted octanol–water partition coefficient (Wildman–Crippen LogP) is 4.72. The number of hydrogen-bond acceptors (Lipinski definition) is 3. The molecule has 1 unspecified atom stereocenters. The highest BCUT2D eigenvalue weighted by Crippen LogP contribution is 2.30. The van der Waals surface area contributed by atoms with Gasteiger partial charge in [0.25, 0.3) is 0 Å². The zero-order valence-electron chi connectivity index (χ0n) is 16.4. The first kappa shape index (κ1) is 22.4. The molecule has 1 fully saturated rings. The number of ether oxygens (including phenoxy) is 1. The Kier molecular flexibility index (Phi) is 8.97. The molecule has 152 valence electrons. The number of likely N-dealkylation sites (tertiary alicyclic amines) is 1. The van der Waals surface area contributed by atoms with Crippen LogP contribution < -0.4 is 0 Å². The number of aliphatic carboxylic acids is 1. The van der Waals surface area contributed by atoms with Gasteiger partial charge >= 0.3 is 5.97 Å². The zero-order valence-corrected chi connectivity index (χ0v) is 17.2. The molecule has 1 aliphatic rings. The second-order valence-electron chi connectivity index (χ2n) is 7.21. The van der Waals surface area contributed by atoms with E-state index in [0.717, 1.165) is 32.4 Å².